The Kier molecular flexibility index (Phi) is 4.39. The molecule has 1 amide bonds. The molecule has 1 saturated heterocycles. The van der Waals surface area contributed by atoms with Gasteiger partial charge in [-0.15, -0.1) is 5.10 Å². The van der Waals surface area contributed by atoms with Gasteiger partial charge in [0.15, 0.2) is 6.23 Å². The number of primary amides is 1. The normalized spacial score (nSPS) is 29.7. The van der Waals surface area contributed by atoms with Crippen molar-refractivity contribution in [3.63, 3.8) is 0 Å². The molecule has 1 aromatic heterocycles. The summed E-state index contributed by atoms with van der Waals surface area (Å²) >= 11 is 0. The van der Waals surface area contributed by atoms with Crippen LogP contribution < -0.4 is 5.73 Å². The second kappa shape index (κ2) is 5.77. The monoisotopic (exact) mass is 324 g/mol. The first kappa shape index (κ1) is 16.0. The van der Waals surface area contributed by atoms with Gasteiger partial charge in [-0.1, -0.05) is 0 Å². The number of hydrogen-bond donors (Lipinski definition) is 5. The molecule has 13 heteroatoms. The van der Waals surface area contributed by atoms with Crippen molar-refractivity contribution >= 4 is 13.7 Å². The summed E-state index contributed by atoms with van der Waals surface area (Å²) in [5.41, 5.74) is 4.97. The molecule has 6 N–H and O–H groups in total. The van der Waals surface area contributed by atoms with Gasteiger partial charge in [-0.2, -0.15) is 0 Å². The molecule has 0 aliphatic carbocycles. The zero-order chi connectivity index (χ0) is 15.8. The highest BCUT2D eigenvalue weighted by molar-refractivity contribution is 7.46. The fourth-order valence-electron chi connectivity index (χ4n) is 1.77. The van der Waals surface area contributed by atoms with Gasteiger partial charge in [0.25, 0.3) is 5.91 Å². The standard InChI is InChI=1S/C8H13N4O8P/c9-6(15)7-10-2-12(11-7)8-5(14)4(13)3(20-8)1-19-21(16,17)18/h2-5,8,13-14H,1H2,(H2,9,15)(H2,16,17,18)/t3-,4+,5-,8+/m0/s1. The summed E-state index contributed by atoms with van der Waals surface area (Å²) in [4.78, 5) is 31.6. The lowest BCUT2D eigenvalue weighted by Crippen LogP contribution is -2.33. The van der Waals surface area contributed by atoms with E-state index in [4.69, 9.17) is 20.3 Å². The molecule has 1 aliphatic rings. The number of carbonyl (C=O) groups is 1. The molecule has 21 heavy (non-hydrogen) atoms. The van der Waals surface area contributed by atoms with E-state index in [0.717, 1.165) is 11.0 Å². The molecular formula is C8H13N4O8P. The zero-order valence-corrected chi connectivity index (χ0v) is 11.3. The topological polar surface area (TPSA) is 190 Å². The number of phosphoric acid groups is 1. The summed E-state index contributed by atoms with van der Waals surface area (Å²) in [6, 6.07) is 0. The maximum absolute atomic E-state index is 10.9. The van der Waals surface area contributed by atoms with Crippen LogP contribution in [0.5, 0.6) is 0 Å². The van der Waals surface area contributed by atoms with Crippen molar-refractivity contribution in [3.05, 3.63) is 12.2 Å². The molecule has 1 fully saturated rings. The molecule has 1 aromatic rings. The second-order valence-corrected chi connectivity index (χ2v) is 5.48. The molecule has 0 radical (unpaired) electrons. The van der Waals surface area contributed by atoms with E-state index >= 15 is 0 Å². The third-order valence-electron chi connectivity index (χ3n) is 2.73. The molecule has 0 spiro atoms. The largest absolute Gasteiger partial charge is 0.469 e. The Morgan fingerprint density at radius 3 is 2.67 bits per heavy atom. The Morgan fingerprint density at radius 2 is 2.14 bits per heavy atom. The Labute approximate surface area is 117 Å². The third kappa shape index (κ3) is 3.63. The number of amides is 1. The molecule has 0 saturated carbocycles. The van der Waals surface area contributed by atoms with Crippen LogP contribution >= 0.6 is 7.82 Å². The van der Waals surface area contributed by atoms with Crippen LogP contribution in [-0.2, 0) is 13.8 Å². The van der Waals surface area contributed by atoms with Gasteiger partial charge in [-0.25, -0.2) is 14.2 Å². The van der Waals surface area contributed by atoms with Crippen molar-refractivity contribution in [1.29, 1.82) is 0 Å². The summed E-state index contributed by atoms with van der Waals surface area (Å²) in [6.07, 6.45) is -4.27. The van der Waals surface area contributed by atoms with Crippen LogP contribution in [-0.4, -0.2) is 65.6 Å². The van der Waals surface area contributed by atoms with E-state index in [-0.39, 0.29) is 5.82 Å². The molecule has 118 valence electrons. The number of rotatable bonds is 5. The number of nitrogens with two attached hydrogens (primary N) is 1. The lowest BCUT2D eigenvalue weighted by atomic mass is 10.1. The molecule has 0 bridgehead atoms. The van der Waals surface area contributed by atoms with Crippen LogP contribution in [0.15, 0.2) is 6.33 Å². The lowest BCUT2D eigenvalue weighted by molar-refractivity contribution is -0.0581. The van der Waals surface area contributed by atoms with Crippen LogP contribution in [0.3, 0.4) is 0 Å². The number of ether oxygens (including phenoxy) is 1. The predicted molar refractivity (Wildman–Crippen MR) is 62.5 cm³/mol. The van der Waals surface area contributed by atoms with Crippen LogP contribution in [0, 0.1) is 0 Å². The summed E-state index contributed by atoms with van der Waals surface area (Å²) in [5.74, 6) is -1.20. The second-order valence-electron chi connectivity index (χ2n) is 4.25. The number of nitrogens with zero attached hydrogens (tertiary/aromatic N) is 3. The highest BCUT2D eigenvalue weighted by Gasteiger charge is 2.45. The average molecular weight is 324 g/mol. The highest BCUT2D eigenvalue weighted by Crippen LogP contribution is 2.38. The maximum atomic E-state index is 10.9. The Morgan fingerprint density at radius 1 is 1.48 bits per heavy atom. The van der Waals surface area contributed by atoms with Crippen molar-refractivity contribution in [3.8, 4) is 0 Å². The minimum Gasteiger partial charge on any atom is -0.387 e. The summed E-state index contributed by atoms with van der Waals surface area (Å²) in [7, 11) is -4.73. The molecular weight excluding hydrogens is 311 g/mol. The van der Waals surface area contributed by atoms with Gasteiger partial charge in [-0.05, 0) is 0 Å². The fraction of sp³-hybridized carbons (Fsp3) is 0.625. The molecule has 2 heterocycles. The van der Waals surface area contributed by atoms with Gasteiger partial charge in [0.05, 0.1) is 6.61 Å². The van der Waals surface area contributed by atoms with Gasteiger partial charge in [-0.3, -0.25) is 9.32 Å². The van der Waals surface area contributed by atoms with Crippen LogP contribution in [0.25, 0.3) is 0 Å². The molecule has 0 unspecified atom stereocenters. The predicted octanol–water partition coefficient (Wildman–Crippen LogP) is -2.89. The first-order valence-corrected chi connectivity index (χ1v) is 7.14. The van der Waals surface area contributed by atoms with Crippen molar-refractivity contribution in [2.75, 3.05) is 6.61 Å². The first-order chi connectivity index (χ1) is 9.69. The number of phosphoric ester groups is 1. The van der Waals surface area contributed by atoms with E-state index in [1.807, 2.05) is 0 Å². The smallest absolute Gasteiger partial charge is 0.387 e. The Bertz CT molecular complexity index is 572. The number of hydrogen-bond acceptors (Lipinski definition) is 8. The van der Waals surface area contributed by atoms with Crippen LogP contribution in [0.4, 0.5) is 0 Å². The summed E-state index contributed by atoms with van der Waals surface area (Å²) < 4.78 is 21.0. The molecule has 2 rings (SSSR count). The minimum absolute atomic E-state index is 0.310. The molecule has 4 atom stereocenters. The number of aliphatic hydroxyl groups excluding tert-OH is 2. The lowest BCUT2D eigenvalue weighted by Gasteiger charge is -2.14. The van der Waals surface area contributed by atoms with E-state index in [2.05, 4.69) is 14.6 Å². The molecule has 12 nitrogen and oxygen atoms in total. The van der Waals surface area contributed by atoms with Gasteiger partial charge < -0.3 is 30.5 Å². The van der Waals surface area contributed by atoms with E-state index in [1.165, 1.54) is 0 Å². The van der Waals surface area contributed by atoms with E-state index in [9.17, 15) is 19.6 Å². The average Bonchev–Trinajstić information content (AvgIpc) is 2.94. The molecule has 1 aliphatic heterocycles. The minimum atomic E-state index is -4.73. The SMILES string of the molecule is NC(=O)c1ncn([C@@H]2O[C@@H](COP(=O)(O)O)[C@@H](O)[C@@H]2O)n1. The van der Waals surface area contributed by atoms with Crippen molar-refractivity contribution in [1.82, 2.24) is 14.8 Å². The first-order valence-electron chi connectivity index (χ1n) is 5.61. The van der Waals surface area contributed by atoms with Gasteiger partial charge in [0.2, 0.25) is 5.82 Å². The maximum Gasteiger partial charge on any atom is 0.469 e. The molecule has 0 aromatic carbocycles. The van der Waals surface area contributed by atoms with Gasteiger partial charge in [0.1, 0.15) is 24.6 Å². The number of aromatic nitrogens is 3. The van der Waals surface area contributed by atoms with Crippen LogP contribution in [0.2, 0.25) is 0 Å². The van der Waals surface area contributed by atoms with E-state index < -0.39 is 44.9 Å². The van der Waals surface area contributed by atoms with Crippen molar-refractivity contribution < 1.29 is 38.6 Å². The number of carbonyl (C=O) groups excluding carboxylic acids is 1. The Balaban J connectivity index is 2.08. The van der Waals surface area contributed by atoms with E-state index in [0.29, 0.717) is 0 Å². The summed E-state index contributed by atoms with van der Waals surface area (Å²) in [6.45, 7) is -0.642. The van der Waals surface area contributed by atoms with Crippen molar-refractivity contribution in [2.45, 2.75) is 24.5 Å². The quantitative estimate of drug-likeness (QED) is 0.351. The fourth-order valence-corrected chi connectivity index (χ4v) is 2.11. The van der Waals surface area contributed by atoms with Crippen molar-refractivity contribution in [2.24, 2.45) is 5.73 Å². The third-order valence-corrected chi connectivity index (χ3v) is 3.22. The number of aliphatic hydroxyl groups is 2. The Hall–Kier alpha value is -1.40. The highest BCUT2D eigenvalue weighted by atomic mass is 31.2. The zero-order valence-electron chi connectivity index (χ0n) is 10.4. The van der Waals surface area contributed by atoms with E-state index in [1.54, 1.807) is 0 Å². The van der Waals surface area contributed by atoms with Gasteiger partial charge in [0, 0.05) is 0 Å². The van der Waals surface area contributed by atoms with Gasteiger partial charge >= 0.3 is 7.82 Å². The van der Waals surface area contributed by atoms with Crippen LogP contribution in [0.1, 0.15) is 16.8 Å². The summed E-state index contributed by atoms with van der Waals surface area (Å²) in [5, 5.41) is 23.2.